The van der Waals surface area contributed by atoms with Gasteiger partial charge in [-0.15, -0.1) is 11.3 Å². The number of hydrogen-bond acceptors (Lipinski definition) is 5. The van der Waals surface area contributed by atoms with Gasteiger partial charge in [0.15, 0.2) is 0 Å². The van der Waals surface area contributed by atoms with E-state index in [4.69, 9.17) is 4.98 Å². The van der Waals surface area contributed by atoms with Gasteiger partial charge in [-0.25, -0.2) is 4.98 Å². The van der Waals surface area contributed by atoms with Crippen LogP contribution in [0.25, 0.3) is 21.3 Å². The summed E-state index contributed by atoms with van der Waals surface area (Å²) in [5.74, 6) is 0.753. The number of aromatic nitrogens is 2. The Morgan fingerprint density at radius 2 is 1.76 bits per heavy atom. The van der Waals surface area contributed by atoms with Crippen molar-refractivity contribution in [1.29, 1.82) is 0 Å². The molecule has 1 fully saturated rings. The number of benzene rings is 2. The largest absolute Gasteiger partial charge is 0.326 e. The molecule has 33 heavy (non-hydrogen) atoms. The number of rotatable bonds is 5. The van der Waals surface area contributed by atoms with Crippen LogP contribution in [0.3, 0.4) is 0 Å². The summed E-state index contributed by atoms with van der Waals surface area (Å²) >= 11 is 1.50. The maximum absolute atomic E-state index is 13.0. The van der Waals surface area contributed by atoms with Gasteiger partial charge in [0, 0.05) is 22.5 Å². The van der Waals surface area contributed by atoms with Crippen LogP contribution in [0.15, 0.2) is 70.8 Å². The molecule has 1 aliphatic rings. The number of likely N-dealkylation sites (tertiary alicyclic amines) is 1. The lowest BCUT2D eigenvalue weighted by Crippen LogP contribution is -2.40. The standard InChI is InChI=1S/C26H26N4O2S/c1-17(30-14-12-19(13-15-30)24(31)27-20-10-6-3-7-11-20)23-28-25(32)22-21(16-33-26(22)29-23)18-8-4-2-5-9-18/h2-11,16-17,19H,12-15H2,1H3,(H,27,31)(H,28,29,32)/t17-/m1/s1. The fourth-order valence-corrected chi connectivity index (χ4v) is 5.44. The van der Waals surface area contributed by atoms with Crippen LogP contribution >= 0.6 is 11.3 Å². The predicted octanol–water partition coefficient (Wildman–Crippen LogP) is 5.06. The summed E-state index contributed by atoms with van der Waals surface area (Å²) in [6.07, 6.45) is 1.57. The molecule has 4 aromatic rings. The van der Waals surface area contributed by atoms with E-state index in [9.17, 15) is 9.59 Å². The molecule has 6 nitrogen and oxygen atoms in total. The quantitative estimate of drug-likeness (QED) is 0.438. The van der Waals surface area contributed by atoms with Crippen molar-refractivity contribution in [1.82, 2.24) is 14.9 Å². The van der Waals surface area contributed by atoms with Crippen LogP contribution < -0.4 is 10.9 Å². The number of carbonyl (C=O) groups excluding carboxylic acids is 1. The molecule has 0 radical (unpaired) electrons. The summed E-state index contributed by atoms with van der Waals surface area (Å²) in [7, 11) is 0. The van der Waals surface area contributed by atoms with Gasteiger partial charge in [-0.1, -0.05) is 48.5 Å². The van der Waals surface area contributed by atoms with E-state index in [1.165, 1.54) is 11.3 Å². The van der Waals surface area contributed by atoms with Crippen molar-refractivity contribution in [2.24, 2.45) is 5.92 Å². The Bertz CT molecular complexity index is 1310. The maximum Gasteiger partial charge on any atom is 0.260 e. The van der Waals surface area contributed by atoms with Gasteiger partial charge < -0.3 is 10.3 Å². The van der Waals surface area contributed by atoms with Gasteiger partial charge in [-0.2, -0.15) is 0 Å². The van der Waals surface area contributed by atoms with E-state index < -0.39 is 0 Å². The second kappa shape index (κ2) is 9.29. The lowest BCUT2D eigenvalue weighted by molar-refractivity contribution is -0.121. The Labute approximate surface area is 196 Å². The number of nitrogens with zero attached hydrogens (tertiary/aromatic N) is 2. The van der Waals surface area contributed by atoms with E-state index >= 15 is 0 Å². The highest BCUT2D eigenvalue weighted by Gasteiger charge is 2.29. The van der Waals surface area contributed by atoms with Crippen LogP contribution in [-0.2, 0) is 4.79 Å². The number of aromatic amines is 1. The number of thiophene rings is 1. The molecule has 168 valence electrons. The van der Waals surface area contributed by atoms with Gasteiger partial charge in [0.05, 0.1) is 11.4 Å². The zero-order valence-electron chi connectivity index (χ0n) is 18.5. The van der Waals surface area contributed by atoms with E-state index in [2.05, 4.69) is 22.1 Å². The smallest absolute Gasteiger partial charge is 0.260 e. The van der Waals surface area contributed by atoms with E-state index in [0.29, 0.717) is 11.2 Å². The Morgan fingerprint density at radius 1 is 1.09 bits per heavy atom. The highest BCUT2D eigenvalue weighted by molar-refractivity contribution is 7.17. The van der Waals surface area contributed by atoms with Crippen molar-refractivity contribution < 1.29 is 4.79 Å². The van der Waals surface area contributed by atoms with Gasteiger partial charge in [-0.3, -0.25) is 14.5 Å². The third-order valence-electron chi connectivity index (χ3n) is 6.43. The summed E-state index contributed by atoms with van der Waals surface area (Å²) in [6.45, 7) is 3.64. The molecule has 1 aliphatic heterocycles. The normalized spacial score (nSPS) is 16.0. The monoisotopic (exact) mass is 458 g/mol. The van der Waals surface area contributed by atoms with Gasteiger partial charge in [-0.05, 0) is 50.6 Å². The molecule has 7 heteroatoms. The number of anilines is 1. The first kappa shape index (κ1) is 21.6. The van der Waals surface area contributed by atoms with Crippen molar-refractivity contribution in [3.63, 3.8) is 0 Å². The summed E-state index contributed by atoms with van der Waals surface area (Å²) in [5.41, 5.74) is 2.68. The first-order valence-electron chi connectivity index (χ1n) is 11.3. The molecular formula is C26H26N4O2S. The topological polar surface area (TPSA) is 78.1 Å². The Morgan fingerprint density at radius 3 is 2.45 bits per heavy atom. The number of nitrogens with one attached hydrogen (secondary N) is 2. The van der Waals surface area contributed by atoms with Crippen molar-refractivity contribution in [2.75, 3.05) is 18.4 Å². The number of hydrogen-bond donors (Lipinski definition) is 2. The van der Waals surface area contributed by atoms with Gasteiger partial charge in [0.25, 0.3) is 5.56 Å². The predicted molar refractivity (Wildman–Crippen MR) is 133 cm³/mol. The lowest BCUT2D eigenvalue weighted by atomic mass is 9.94. The molecule has 0 saturated carbocycles. The van der Waals surface area contributed by atoms with Crippen LogP contribution in [0.4, 0.5) is 5.69 Å². The lowest BCUT2D eigenvalue weighted by Gasteiger charge is -2.34. The van der Waals surface area contributed by atoms with Gasteiger partial charge in [0.1, 0.15) is 10.7 Å². The summed E-state index contributed by atoms with van der Waals surface area (Å²) in [6, 6.07) is 19.5. The molecule has 2 aromatic carbocycles. The average molecular weight is 459 g/mol. The molecule has 5 rings (SSSR count). The van der Waals surface area contributed by atoms with Crippen molar-refractivity contribution >= 4 is 33.1 Å². The van der Waals surface area contributed by atoms with Crippen molar-refractivity contribution in [3.05, 3.63) is 82.2 Å². The molecule has 0 unspecified atom stereocenters. The number of H-pyrrole nitrogens is 1. The minimum atomic E-state index is -0.0981. The van der Waals surface area contributed by atoms with Gasteiger partial charge >= 0.3 is 0 Å². The molecule has 3 heterocycles. The molecule has 1 atom stereocenters. The number of para-hydroxylation sites is 1. The van der Waals surface area contributed by atoms with E-state index in [0.717, 1.165) is 47.6 Å². The molecule has 1 amide bonds. The summed E-state index contributed by atoms with van der Waals surface area (Å²) in [5, 5.41) is 5.67. The second-order valence-corrected chi connectivity index (χ2v) is 9.35. The number of piperidine rings is 1. The minimum absolute atomic E-state index is 0.00567. The van der Waals surface area contributed by atoms with E-state index in [1.54, 1.807) is 0 Å². The van der Waals surface area contributed by atoms with Crippen LogP contribution in [0.5, 0.6) is 0 Å². The average Bonchev–Trinajstić information content (AvgIpc) is 3.30. The molecule has 0 bridgehead atoms. The van der Waals surface area contributed by atoms with Crippen LogP contribution in [0, 0.1) is 5.92 Å². The van der Waals surface area contributed by atoms with Gasteiger partial charge in [0.2, 0.25) is 5.91 Å². The third kappa shape index (κ3) is 4.47. The van der Waals surface area contributed by atoms with Crippen molar-refractivity contribution in [3.8, 4) is 11.1 Å². The molecule has 2 N–H and O–H groups in total. The highest BCUT2D eigenvalue weighted by Crippen LogP contribution is 2.32. The molecular weight excluding hydrogens is 432 g/mol. The highest BCUT2D eigenvalue weighted by atomic mass is 32.1. The Kier molecular flexibility index (Phi) is 6.07. The zero-order chi connectivity index (χ0) is 22.8. The molecule has 0 aliphatic carbocycles. The maximum atomic E-state index is 13.0. The fraction of sp³-hybridized carbons (Fsp3) is 0.269. The first-order chi connectivity index (χ1) is 16.1. The Balaban J connectivity index is 1.28. The number of fused-ring (bicyclic) bond motifs is 1. The summed E-state index contributed by atoms with van der Waals surface area (Å²) in [4.78, 5) is 36.5. The molecule has 2 aromatic heterocycles. The van der Waals surface area contributed by atoms with Crippen LogP contribution in [0.2, 0.25) is 0 Å². The Hall–Kier alpha value is -3.29. The second-order valence-electron chi connectivity index (χ2n) is 8.49. The van der Waals surface area contributed by atoms with E-state index in [1.807, 2.05) is 66.0 Å². The van der Waals surface area contributed by atoms with Crippen LogP contribution in [-0.4, -0.2) is 33.9 Å². The van der Waals surface area contributed by atoms with Crippen LogP contribution in [0.1, 0.15) is 31.6 Å². The third-order valence-corrected chi connectivity index (χ3v) is 7.30. The van der Waals surface area contributed by atoms with Crippen molar-refractivity contribution in [2.45, 2.75) is 25.8 Å². The summed E-state index contributed by atoms with van der Waals surface area (Å²) < 4.78 is 0. The van der Waals surface area contributed by atoms with E-state index in [-0.39, 0.29) is 23.4 Å². The number of carbonyl (C=O) groups is 1. The SMILES string of the molecule is C[C@H](c1nc2scc(-c3ccccc3)c2c(=O)[nH]1)N1CCC(C(=O)Nc2ccccc2)CC1. The first-order valence-corrected chi connectivity index (χ1v) is 12.1. The number of amides is 1. The fourth-order valence-electron chi connectivity index (χ4n) is 4.48. The molecule has 0 spiro atoms. The zero-order valence-corrected chi connectivity index (χ0v) is 19.3. The minimum Gasteiger partial charge on any atom is -0.326 e. The molecule has 1 saturated heterocycles.